The molecule has 0 aromatic heterocycles. The molecule has 7 aliphatic heterocycles. The third-order valence-corrected chi connectivity index (χ3v) is 22.2. The number of hydrogen-bond donors (Lipinski definition) is 17. The number of aliphatic hydroxyl groups is 17. The molecule has 0 aromatic carbocycles. The van der Waals surface area contributed by atoms with Crippen molar-refractivity contribution in [3.8, 4) is 0 Å². The molecule has 7 heterocycles. The van der Waals surface area contributed by atoms with E-state index >= 15 is 0 Å². The molecule has 11 fully saturated rings. The zero-order chi connectivity index (χ0) is 61.1. The number of rotatable bonds is 14. The highest BCUT2D eigenvalue weighted by atomic mass is 16.8. The lowest BCUT2D eigenvalue weighted by Gasteiger charge is -2.62. The van der Waals surface area contributed by atoms with Crippen LogP contribution in [0.2, 0.25) is 0 Å². The first-order chi connectivity index (χ1) is 40.3. The van der Waals surface area contributed by atoms with Gasteiger partial charge in [0.1, 0.15) is 116 Å². The van der Waals surface area contributed by atoms with Crippen LogP contribution >= 0.6 is 0 Å². The highest BCUT2D eigenvalue weighted by Gasteiger charge is 2.73. The Hall–Kier alpha value is -1.16. The van der Waals surface area contributed by atoms with E-state index in [-0.39, 0.29) is 52.4 Å². The van der Waals surface area contributed by atoms with Gasteiger partial charge in [-0.15, -0.1) is 0 Å². The van der Waals surface area contributed by atoms with E-state index in [1.165, 1.54) is 0 Å². The lowest BCUT2D eigenvalue weighted by molar-refractivity contribution is -0.410. The van der Waals surface area contributed by atoms with E-state index in [4.69, 9.17) is 56.8 Å². The van der Waals surface area contributed by atoms with Crippen LogP contribution in [0.4, 0.5) is 0 Å². The highest BCUT2D eigenvalue weighted by Crippen LogP contribution is 2.71. The summed E-state index contributed by atoms with van der Waals surface area (Å²) in [5.74, 6) is 0.388. The van der Waals surface area contributed by atoms with Crippen molar-refractivity contribution in [2.75, 3.05) is 39.6 Å². The molecular weight excluding hydrogens is 1140 g/mol. The Balaban J connectivity index is 0.797. The Morgan fingerprint density at radius 3 is 1.67 bits per heavy atom. The van der Waals surface area contributed by atoms with Crippen molar-refractivity contribution >= 4 is 0 Å². The summed E-state index contributed by atoms with van der Waals surface area (Å²) in [6, 6.07) is 0. The largest absolute Gasteiger partial charge is 0.394 e. The second-order valence-corrected chi connectivity index (χ2v) is 26.9. The minimum atomic E-state index is -2.21. The number of ether oxygens (including phenoxy) is 12. The molecule has 85 heavy (non-hydrogen) atoms. The minimum Gasteiger partial charge on any atom is -0.394 e. The predicted octanol–water partition coefficient (Wildman–Crippen LogP) is -6.50. The fraction of sp³-hybridized carbons (Fsp3) is 1.00. The van der Waals surface area contributed by atoms with Crippen molar-refractivity contribution in [2.24, 2.45) is 52.3 Å². The van der Waals surface area contributed by atoms with Crippen LogP contribution in [0.5, 0.6) is 0 Å². The maximum atomic E-state index is 12.3. The lowest BCUT2D eigenvalue weighted by Crippen LogP contribution is -2.69. The van der Waals surface area contributed by atoms with Gasteiger partial charge in [-0.3, -0.25) is 0 Å². The van der Waals surface area contributed by atoms with Crippen molar-refractivity contribution in [3.05, 3.63) is 0 Å². The molecule has 0 radical (unpaired) electrons. The standard InChI is InChI=1S/C56H92O29/c1-19-7-10-56(75-17-19)20(2)31-45(85-56)37(67)32-22-6-5-21-11-26(24(61)12-55(21,4)23(22)8-9-54(31,32)3)76-50-42(72)39(69)44(30(16-60)80-50)81-53-48(47(36(66)29(15-59)79-53)83-49-40(70)33(63)25(62)18-74-49)84-52-43(73)46(35(65)28(14-58)78-52)82-51-41(71)38(68)34(64)27(13-57)77-51/h19-53,57-73H,5-18H2,1-4H3/t19-,20-,21+,22-,23+,24-,25-,26-,27-,28-,29-,30-,31+,32-,33+,34-,35+,36-,37+,38+,39-,40-,41-,42-,43-,44+,45-,46+,47+,48-,49+,50-,51+,52+,53+,54-,55+,56-/m1/s1. The van der Waals surface area contributed by atoms with E-state index < -0.39 is 205 Å². The molecule has 0 amide bonds. The van der Waals surface area contributed by atoms with Gasteiger partial charge in [0.05, 0.1) is 64.1 Å². The Kier molecular flexibility index (Phi) is 19.5. The molecule has 17 N–H and O–H groups in total. The van der Waals surface area contributed by atoms with Crippen molar-refractivity contribution < 1.29 is 144 Å². The van der Waals surface area contributed by atoms with E-state index in [1.807, 2.05) is 0 Å². The van der Waals surface area contributed by atoms with E-state index in [0.29, 0.717) is 25.4 Å². The van der Waals surface area contributed by atoms with Gasteiger partial charge >= 0.3 is 0 Å². The van der Waals surface area contributed by atoms with Gasteiger partial charge in [0, 0.05) is 18.3 Å². The van der Waals surface area contributed by atoms with E-state index in [2.05, 4.69) is 27.7 Å². The zero-order valence-corrected chi connectivity index (χ0v) is 48.1. The lowest BCUT2D eigenvalue weighted by atomic mass is 9.44. The van der Waals surface area contributed by atoms with Crippen LogP contribution < -0.4 is 0 Å². The number of aliphatic hydroxyl groups excluding tert-OH is 17. The number of hydrogen-bond acceptors (Lipinski definition) is 29. The summed E-state index contributed by atoms with van der Waals surface area (Å²) in [5, 5.41) is 188. The molecule has 4 aliphatic carbocycles. The Morgan fingerprint density at radius 2 is 1.01 bits per heavy atom. The highest BCUT2D eigenvalue weighted by molar-refractivity contribution is 5.19. The summed E-state index contributed by atoms with van der Waals surface area (Å²) < 4.78 is 72.8. The van der Waals surface area contributed by atoms with Gasteiger partial charge in [-0.25, -0.2) is 0 Å². The molecule has 29 nitrogen and oxygen atoms in total. The maximum absolute atomic E-state index is 12.3. The Labute approximate surface area is 491 Å². The van der Waals surface area contributed by atoms with Crippen LogP contribution in [-0.2, 0) is 56.8 Å². The van der Waals surface area contributed by atoms with Crippen LogP contribution in [0.25, 0.3) is 0 Å². The average Bonchev–Trinajstić information content (AvgIpc) is 1.59. The molecule has 11 aliphatic rings. The molecule has 490 valence electrons. The van der Waals surface area contributed by atoms with Crippen molar-refractivity contribution in [1.29, 1.82) is 0 Å². The van der Waals surface area contributed by atoms with Gasteiger partial charge in [0.15, 0.2) is 37.2 Å². The smallest absolute Gasteiger partial charge is 0.187 e. The SMILES string of the molecule is C[C@@H]1CC[C@@]2(OC1)O[C@H]1[C@@H](O)[C@H]3[C@@H]4CC[C@H]5C[C@@H](O[C@@H]6O[C@H](CO)[C@H](O[C@@H]7O[C@H](CO)[C@@H](O)[C@H](O[C@@H]8OC[C@@H](O)[C@H](O)[C@H]8O)[C@H]7O[C@@H]7O[C@H](CO)[C@H](O)[C@H](O[C@@H]8O[C@H](CO)[C@@H](O)[C@H](O)[C@H]8O)[C@H]7O)[C@H](O)[C@H]6O)[C@H](O)C[C@]5(C)[C@H]4CC[C@]3(C)[C@H]1[C@H]2C. The molecule has 38 atom stereocenters. The molecule has 4 saturated carbocycles. The molecule has 7 saturated heterocycles. The summed E-state index contributed by atoms with van der Waals surface area (Å²) in [4.78, 5) is 0. The maximum Gasteiger partial charge on any atom is 0.187 e. The molecule has 29 heteroatoms. The summed E-state index contributed by atoms with van der Waals surface area (Å²) >= 11 is 0. The van der Waals surface area contributed by atoms with Crippen molar-refractivity contribution in [2.45, 2.75) is 257 Å². The first-order valence-corrected chi connectivity index (χ1v) is 30.5. The molecular formula is C56H92O29. The summed E-state index contributed by atoms with van der Waals surface area (Å²) in [5.41, 5.74) is -0.531. The summed E-state index contributed by atoms with van der Waals surface area (Å²) in [7, 11) is 0. The van der Waals surface area contributed by atoms with Crippen LogP contribution in [0.15, 0.2) is 0 Å². The van der Waals surface area contributed by atoms with E-state index in [0.717, 1.165) is 38.5 Å². The van der Waals surface area contributed by atoms with Crippen molar-refractivity contribution in [3.63, 3.8) is 0 Å². The van der Waals surface area contributed by atoms with Crippen LogP contribution in [0.3, 0.4) is 0 Å². The fourth-order valence-electron chi connectivity index (χ4n) is 17.4. The third kappa shape index (κ3) is 11.3. The van der Waals surface area contributed by atoms with Gasteiger partial charge in [-0.1, -0.05) is 27.7 Å². The van der Waals surface area contributed by atoms with Crippen molar-refractivity contribution in [1.82, 2.24) is 0 Å². The second kappa shape index (κ2) is 25.4. The Bertz CT molecular complexity index is 2220. The average molecular weight is 1230 g/mol. The van der Waals surface area contributed by atoms with Gasteiger partial charge in [-0.2, -0.15) is 0 Å². The van der Waals surface area contributed by atoms with Gasteiger partial charge in [0.25, 0.3) is 0 Å². The van der Waals surface area contributed by atoms with E-state index in [9.17, 15) is 86.8 Å². The van der Waals surface area contributed by atoms with Gasteiger partial charge < -0.3 is 144 Å². The molecule has 0 unspecified atom stereocenters. The third-order valence-electron chi connectivity index (χ3n) is 22.2. The van der Waals surface area contributed by atoms with E-state index in [1.54, 1.807) is 0 Å². The van der Waals surface area contributed by atoms with Crippen LogP contribution in [0, 0.1) is 52.3 Å². The number of fused-ring (bicyclic) bond motifs is 7. The molecule has 0 bridgehead atoms. The first-order valence-electron chi connectivity index (χ1n) is 30.5. The first kappa shape index (κ1) is 65.3. The predicted molar refractivity (Wildman–Crippen MR) is 278 cm³/mol. The molecule has 1 spiro atoms. The summed E-state index contributed by atoms with van der Waals surface area (Å²) in [6.45, 7) is 5.21. The van der Waals surface area contributed by atoms with Crippen LogP contribution in [0.1, 0.15) is 79.1 Å². The monoisotopic (exact) mass is 1230 g/mol. The fourth-order valence-corrected chi connectivity index (χ4v) is 17.4. The topological polar surface area (TPSA) is 455 Å². The normalized spacial score (nSPS) is 58.1. The molecule has 0 aromatic rings. The minimum absolute atomic E-state index is 0.00749. The second-order valence-electron chi connectivity index (χ2n) is 26.9. The zero-order valence-electron chi connectivity index (χ0n) is 48.1. The quantitative estimate of drug-likeness (QED) is 0.0719. The molecule has 11 rings (SSSR count). The van der Waals surface area contributed by atoms with Gasteiger partial charge in [-0.05, 0) is 85.4 Å². The summed E-state index contributed by atoms with van der Waals surface area (Å²) in [6.07, 6.45) is -42.5. The van der Waals surface area contributed by atoms with Gasteiger partial charge in [0.2, 0.25) is 0 Å². The van der Waals surface area contributed by atoms with Crippen LogP contribution in [-0.4, -0.2) is 304 Å². The Morgan fingerprint density at radius 1 is 0.447 bits per heavy atom.